The number of hydrogen-bond donors (Lipinski definition) is 2. The summed E-state index contributed by atoms with van der Waals surface area (Å²) in [6.45, 7) is 3.21. The lowest BCUT2D eigenvalue weighted by Crippen LogP contribution is -2.51. The predicted molar refractivity (Wildman–Crippen MR) is 112 cm³/mol. The minimum atomic E-state index is -0.550. The maximum absolute atomic E-state index is 12.4. The van der Waals surface area contributed by atoms with E-state index in [2.05, 4.69) is 10.6 Å². The fourth-order valence-electron chi connectivity index (χ4n) is 4.23. The van der Waals surface area contributed by atoms with Crippen molar-refractivity contribution in [2.75, 3.05) is 19.7 Å². The Hall–Kier alpha value is -1.79. The van der Waals surface area contributed by atoms with E-state index in [0.29, 0.717) is 32.5 Å². The molecule has 1 heterocycles. The lowest BCUT2D eigenvalue weighted by Gasteiger charge is -2.31. The smallest absolute Gasteiger partial charge is 0.409 e. The lowest BCUT2D eigenvalue weighted by molar-refractivity contribution is -0.140. The zero-order chi connectivity index (χ0) is 20.9. The van der Waals surface area contributed by atoms with Crippen LogP contribution in [-0.2, 0) is 14.3 Å². The number of carbonyl (C=O) groups is 3. The van der Waals surface area contributed by atoms with Gasteiger partial charge < -0.3 is 20.3 Å². The van der Waals surface area contributed by atoms with Crippen LogP contribution in [-0.4, -0.2) is 54.6 Å². The topological polar surface area (TPSA) is 87.7 Å². The van der Waals surface area contributed by atoms with E-state index in [1.54, 1.807) is 11.8 Å². The van der Waals surface area contributed by atoms with E-state index in [1.165, 1.54) is 44.9 Å². The molecule has 1 aliphatic carbocycles. The van der Waals surface area contributed by atoms with Crippen molar-refractivity contribution >= 4 is 17.9 Å². The van der Waals surface area contributed by atoms with Crippen LogP contribution < -0.4 is 10.6 Å². The molecule has 0 aromatic rings. The highest BCUT2D eigenvalue weighted by molar-refractivity contribution is 6.35. The predicted octanol–water partition coefficient (Wildman–Crippen LogP) is 3.51. The molecule has 1 saturated carbocycles. The molecule has 29 heavy (non-hydrogen) atoms. The molecule has 2 rings (SSSR count). The van der Waals surface area contributed by atoms with Gasteiger partial charge in [-0.15, -0.1) is 0 Å². The van der Waals surface area contributed by atoms with Crippen molar-refractivity contribution < 1.29 is 19.1 Å². The molecule has 0 bridgehead atoms. The first-order valence-electron chi connectivity index (χ1n) is 11.6. The summed E-state index contributed by atoms with van der Waals surface area (Å²) in [7, 11) is 0. The molecule has 2 N–H and O–H groups in total. The molecule has 0 unspecified atom stereocenters. The van der Waals surface area contributed by atoms with Gasteiger partial charge in [-0.3, -0.25) is 9.59 Å². The van der Waals surface area contributed by atoms with Crippen molar-refractivity contribution in [1.82, 2.24) is 15.5 Å². The SMILES string of the molecule is CCOC(=O)N1CCC(NC(=O)C(=O)NC2CCCCCCCCCCC2)CC1. The maximum Gasteiger partial charge on any atom is 0.409 e. The van der Waals surface area contributed by atoms with E-state index < -0.39 is 11.8 Å². The standard InChI is InChI=1S/C22H39N3O4/c1-2-29-22(28)25-16-14-19(15-17-25)24-21(27)20(26)23-18-12-10-8-6-4-3-5-7-9-11-13-18/h18-19H,2-17H2,1H3,(H,23,26)(H,24,27). The first kappa shape index (κ1) is 23.5. The Bertz CT molecular complexity index is 506. The van der Waals surface area contributed by atoms with E-state index >= 15 is 0 Å². The zero-order valence-corrected chi connectivity index (χ0v) is 18.0. The largest absolute Gasteiger partial charge is 0.450 e. The number of hydrogen-bond acceptors (Lipinski definition) is 4. The van der Waals surface area contributed by atoms with Crippen molar-refractivity contribution in [1.29, 1.82) is 0 Å². The van der Waals surface area contributed by atoms with Crippen molar-refractivity contribution in [2.24, 2.45) is 0 Å². The average Bonchev–Trinajstić information content (AvgIpc) is 2.70. The molecule has 166 valence electrons. The van der Waals surface area contributed by atoms with Crippen molar-refractivity contribution in [3.63, 3.8) is 0 Å². The summed E-state index contributed by atoms with van der Waals surface area (Å²) in [5, 5.41) is 5.81. The third-order valence-corrected chi connectivity index (χ3v) is 6.00. The zero-order valence-electron chi connectivity index (χ0n) is 18.0. The van der Waals surface area contributed by atoms with Crippen LogP contribution in [0.2, 0.25) is 0 Å². The van der Waals surface area contributed by atoms with Crippen LogP contribution in [0.3, 0.4) is 0 Å². The number of nitrogens with zero attached hydrogens (tertiary/aromatic N) is 1. The Morgan fingerprint density at radius 1 is 0.724 bits per heavy atom. The maximum atomic E-state index is 12.4. The summed E-state index contributed by atoms with van der Waals surface area (Å²) in [6.07, 6.45) is 14.0. The highest BCUT2D eigenvalue weighted by atomic mass is 16.6. The molecule has 0 radical (unpaired) electrons. The normalized spacial score (nSPS) is 20.8. The molecule has 0 aromatic heterocycles. The third-order valence-electron chi connectivity index (χ3n) is 6.00. The average molecular weight is 410 g/mol. The molecule has 1 aliphatic heterocycles. The Kier molecular flexibility index (Phi) is 10.9. The fraction of sp³-hybridized carbons (Fsp3) is 0.864. The van der Waals surface area contributed by atoms with Crippen molar-refractivity contribution in [3.05, 3.63) is 0 Å². The van der Waals surface area contributed by atoms with E-state index in [1.807, 2.05) is 0 Å². The van der Waals surface area contributed by atoms with Crippen LogP contribution in [0.25, 0.3) is 0 Å². The van der Waals surface area contributed by atoms with Crippen LogP contribution in [0.5, 0.6) is 0 Å². The number of likely N-dealkylation sites (tertiary alicyclic amines) is 1. The van der Waals surface area contributed by atoms with Gasteiger partial charge in [0.25, 0.3) is 0 Å². The molecule has 2 fully saturated rings. The van der Waals surface area contributed by atoms with Gasteiger partial charge in [0, 0.05) is 25.2 Å². The van der Waals surface area contributed by atoms with E-state index in [-0.39, 0.29) is 18.2 Å². The number of amides is 3. The minimum absolute atomic E-state index is 0.0739. The molecule has 0 spiro atoms. The molecular weight excluding hydrogens is 370 g/mol. The number of rotatable bonds is 3. The quantitative estimate of drug-likeness (QED) is 0.698. The Labute approximate surface area is 175 Å². The van der Waals surface area contributed by atoms with Gasteiger partial charge in [0.1, 0.15) is 0 Å². The van der Waals surface area contributed by atoms with Crippen LogP contribution in [0.15, 0.2) is 0 Å². The van der Waals surface area contributed by atoms with Crippen LogP contribution in [0.4, 0.5) is 4.79 Å². The van der Waals surface area contributed by atoms with Gasteiger partial charge in [0.05, 0.1) is 6.61 Å². The summed E-state index contributed by atoms with van der Waals surface area (Å²) >= 11 is 0. The summed E-state index contributed by atoms with van der Waals surface area (Å²) in [5.74, 6) is -1.07. The summed E-state index contributed by atoms with van der Waals surface area (Å²) < 4.78 is 5.01. The van der Waals surface area contributed by atoms with Crippen LogP contribution in [0, 0.1) is 0 Å². The second-order valence-corrected chi connectivity index (χ2v) is 8.36. The van der Waals surface area contributed by atoms with Gasteiger partial charge in [0.2, 0.25) is 0 Å². The molecule has 2 aliphatic rings. The van der Waals surface area contributed by atoms with E-state index in [0.717, 1.165) is 25.7 Å². The summed E-state index contributed by atoms with van der Waals surface area (Å²) in [5.41, 5.74) is 0. The molecular formula is C22H39N3O4. The van der Waals surface area contributed by atoms with E-state index in [4.69, 9.17) is 4.74 Å². The number of nitrogens with one attached hydrogen (secondary N) is 2. The van der Waals surface area contributed by atoms with Gasteiger partial charge in [-0.25, -0.2) is 4.79 Å². The molecule has 3 amide bonds. The fourth-order valence-corrected chi connectivity index (χ4v) is 4.23. The number of carbonyl (C=O) groups excluding carboxylic acids is 3. The van der Waals surface area contributed by atoms with Gasteiger partial charge in [-0.1, -0.05) is 57.8 Å². The second kappa shape index (κ2) is 13.4. The van der Waals surface area contributed by atoms with Gasteiger partial charge in [-0.05, 0) is 32.6 Å². The van der Waals surface area contributed by atoms with Crippen molar-refractivity contribution in [2.45, 2.75) is 102 Å². The van der Waals surface area contributed by atoms with Crippen LogP contribution in [0.1, 0.15) is 90.4 Å². The summed E-state index contributed by atoms with van der Waals surface area (Å²) in [4.78, 5) is 38.2. The third kappa shape index (κ3) is 9.05. The Morgan fingerprint density at radius 3 is 1.59 bits per heavy atom. The molecule has 7 nitrogen and oxygen atoms in total. The molecule has 1 saturated heterocycles. The van der Waals surface area contributed by atoms with E-state index in [9.17, 15) is 14.4 Å². The van der Waals surface area contributed by atoms with Gasteiger partial charge in [-0.2, -0.15) is 0 Å². The molecule has 0 atom stereocenters. The second-order valence-electron chi connectivity index (χ2n) is 8.36. The molecule has 0 aromatic carbocycles. The van der Waals surface area contributed by atoms with Gasteiger partial charge in [0.15, 0.2) is 0 Å². The lowest BCUT2D eigenvalue weighted by atomic mass is 9.98. The summed E-state index contributed by atoms with van der Waals surface area (Å²) in [6, 6.07) is 0.0218. The van der Waals surface area contributed by atoms with Gasteiger partial charge >= 0.3 is 17.9 Å². The Balaban J connectivity index is 1.72. The monoisotopic (exact) mass is 409 g/mol. The number of ether oxygens (including phenoxy) is 1. The first-order chi connectivity index (χ1) is 14.1. The number of piperidine rings is 1. The van der Waals surface area contributed by atoms with Crippen molar-refractivity contribution in [3.8, 4) is 0 Å². The minimum Gasteiger partial charge on any atom is -0.450 e. The van der Waals surface area contributed by atoms with Crippen LogP contribution >= 0.6 is 0 Å². The highest BCUT2D eigenvalue weighted by Gasteiger charge is 2.27. The Morgan fingerprint density at radius 2 is 1.14 bits per heavy atom. The molecule has 7 heteroatoms. The highest BCUT2D eigenvalue weighted by Crippen LogP contribution is 2.17. The first-order valence-corrected chi connectivity index (χ1v) is 11.6.